The van der Waals surface area contributed by atoms with E-state index in [2.05, 4.69) is 15.0 Å². The van der Waals surface area contributed by atoms with Gasteiger partial charge in [0, 0.05) is 35.6 Å². The number of likely N-dealkylation sites (tertiary alicyclic amines) is 1. The number of benzene rings is 2. The van der Waals surface area contributed by atoms with Crippen molar-refractivity contribution < 1.29 is 31.5 Å². The second kappa shape index (κ2) is 11.9. The van der Waals surface area contributed by atoms with E-state index in [1.807, 2.05) is 13.0 Å². The quantitative estimate of drug-likeness (QED) is 0.196. The highest BCUT2D eigenvalue weighted by Crippen LogP contribution is 2.48. The molecule has 1 saturated heterocycles. The predicted octanol–water partition coefficient (Wildman–Crippen LogP) is 7.04. The first-order chi connectivity index (χ1) is 22.7. The van der Waals surface area contributed by atoms with Gasteiger partial charge in [0.15, 0.2) is 5.82 Å². The number of nitrogen functional groups attached to an aromatic ring is 1. The number of anilines is 2. The van der Waals surface area contributed by atoms with Gasteiger partial charge in [0.05, 0.1) is 40.7 Å². The molecule has 2 N–H and O–H groups in total. The highest BCUT2D eigenvalue weighted by molar-refractivity contribution is 7.23. The summed E-state index contributed by atoms with van der Waals surface area (Å²) in [5.74, 6) is -1.67. The summed E-state index contributed by atoms with van der Waals surface area (Å²) in [7, 11) is 1.25. The summed E-state index contributed by atoms with van der Waals surface area (Å²) in [4.78, 5) is 29.7. The second-order valence-electron chi connectivity index (χ2n) is 11.5. The van der Waals surface area contributed by atoms with Crippen molar-refractivity contribution in [2.75, 3.05) is 30.8 Å². The fourth-order valence-corrected chi connectivity index (χ4v) is 7.55. The lowest BCUT2D eigenvalue weighted by molar-refractivity contribution is -0.137. The van der Waals surface area contributed by atoms with Crippen molar-refractivity contribution in [2.45, 2.75) is 52.4 Å². The molecule has 3 aromatic heterocycles. The number of hydrogen-bond acceptors (Lipinski definition) is 9. The fraction of sp³-hybridized carbons (Fsp3) is 0.344. The van der Waals surface area contributed by atoms with E-state index in [-0.39, 0.29) is 56.0 Å². The van der Waals surface area contributed by atoms with Gasteiger partial charge in [-0.2, -0.15) is 28.4 Å². The van der Waals surface area contributed by atoms with Gasteiger partial charge in [0.1, 0.15) is 34.0 Å². The number of imidazole rings is 1. The zero-order chi connectivity index (χ0) is 34.8. The number of ether oxygens (including phenoxy) is 1. The van der Waals surface area contributed by atoms with Crippen molar-refractivity contribution in [1.29, 1.82) is 5.26 Å². The molecule has 5 aromatic rings. The average Bonchev–Trinajstić information content (AvgIpc) is 3.70. The molecular weight excluding hydrogens is 655 g/mol. The van der Waals surface area contributed by atoms with Crippen molar-refractivity contribution in [2.24, 2.45) is 0 Å². The Balaban J connectivity index is 1.56. The van der Waals surface area contributed by atoms with Crippen molar-refractivity contribution in [3.05, 3.63) is 58.7 Å². The standard InChI is InChI=1S/C32H29F5N8O2S/c1-6-43(22-9-10-44(15(22)3)31(46)45-13-14(2)40-16(45)4)29-18-11-20(32(35,36)37)24(25(34)26(18)41-30(42-29)47-5)17-7-8-21(33)27-23(17)19(12-38)28(39)48-27/h7-8,11,13,15,22H,6,9-10,39H2,1-5H3. The fourth-order valence-electron chi connectivity index (χ4n) is 6.60. The number of alkyl halides is 3. The summed E-state index contributed by atoms with van der Waals surface area (Å²) in [6, 6.07) is 3.03. The molecule has 1 fully saturated rings. The second-order valence-corrected chi connectivity index (χ2v) is 12.5. The number of rotatable bonds is 5. The Hall–Kier alpha value is -5.04. The van der Waals surface area contributed by atoms with Gasteiger partial charge in [-0.3, -0.25) is 4.57 Å². The van der Waals surface area contributed by atoms with Crippen LogP contribution in [0.15, 0.2) is 24.4 Å². The molecule has 1 aliphatic rings. The van der Waals surface area contributed by atoms with Crippen molar-refractivity contribution in [1.82, 2.24) is 24.4 Å². The molecule has 1 aliphatic heterocycles. The Morgan fingerprint density at radius 3 is 2.56 bits per heavy atom. The maximum Gasteiger partial charge on any atom is 0.417 e. The van der Waals surface area contributed by atoms with E-state index in [0.29, 0.717) is 35.8 Å². The number of carbonyl (C=O) groups excluding carboxylic acids is 1. The van der Waals surface area contributed by atoms with Crippen LogP contribution in [0, 0.1) is 36.8 Å². The smallest absolute Gasteiger partial charge is 0.417 e. The van der Waals surface area contributed by atoms with Gasteiger partial charge in [0.2, 0.25) is 0 Å². The summed E-state index contributed by atoms with van der Waals surface area (Å²) >= 11 is 0.685. The summed E-state index contributed by atoms with van der Waals surface area (Å²) in [5.41, 5.74) is 3.21. The molecule has 2 atom stereocenters. The first-order valence-electron chi connectivity index (χ1n) is 14.9. The van der Waals surface area contributed by atoms with Gasteiger partial charge in [0.25, 0.3) is 0 Å². The van der Waals surface area contributed by atoms with Crippen LogP contribution in [0.2, 0.25) is 0 Å². The Morgan fingerprint density at radius 2 is 1.96 bits per heavy atom. The largest absolute Gasteiger partial charge is 0.467 e. The lowest BCUT2D eigenvalue weighted by Crippen LogP contribution is -2.47. The average molecular weight is 685 g/mol. The first kappa shape index (κ1) is 32.9. The van der Waals surface area contributed by atoms with Crippen LogP contribution in [0.3, 0.4) is 0 Å². The van der Waals surface area contributed by atoms with Crippen molar-refractivity contribution in [3.63, 3.8) is 0 Å². The third-order valence-electron chi connectivity index (χ3n) is 8.76. The number of methoxy groups -OCH3 is 1. The van der Waals surface area contributed by atoms with E-state index in [1.54, 1.807) is 36.8 Å². The van der Waals surface area contributed by atoms with Crippen LogP contribution in [0.4, 0.5) is 37.6 Å². The Kier molecular flexibility index (Phi) is 8.14. The SMILES string of the molecule is CCN(c1nc(OC)nc2c(F)c(-c3ccc(F)c4sc(N)c(C#N)c34)c(C(F)(F)F)cc12)C1CCN(C(=O)n2cc(C)nc2C)C1C. The van der Waals surface area contributed by atoms with Crippen LogP contribution < -0.4 is 15.4 Å². The van der Waals surface area contributed by atoms with Gasteiger partial charge in [-0.15, -0.1) is 11.3 Å². The number of fused-ring (bicyclic) bond motifs is 2. The molecule has 2 unspecified atom stereocenters. The van der Waals surface area contributed by atoms with Gasteiger partial charge in [-0.1, -0.05) is 6.07 Å². The predicted molar refractivity (Wildman–Crippen MR) is 171 cm³/mol. The van der Waals surface area contributed by atoms with Crippen LogP contribution in [-0.2, 0) is 6.18 Å². The number of likely N-dealkylation sites (N-methyl/N-ethyl adjacent to an activating group) is 1. The molecule has 0 radical (unpaired) electrons. The zero-order valence-corrected chi connectivity index (χ0v) is 27.2. The van der Waals surface area contributed by atoms with Crippen molar-refractivity contribution in [3.8, 4) is 23.2 Å². The highest BCUT2D eigenvalue weighted by atomic mass is 32.1. The summed E-state index contributed by atoms with van der Waals surface area (Å²) < 4.78 is 82.9. The van der Waals surface area contributed by atoms with Gasteiger partial charge >= 0.3 is 18.2 Å². The van der Waals surface area contributed by atoms with E-state index in [9.17, 15) is 27.6 Å². The topological polar surface area (TPSA) is 126 Å². The number of nitrogens with zero attached hydrogens (tertiary/aromatic N) is 7. The maximum absolute atomic E-state index is 16.8. The van der Waals surface area contributed by atoms with E-state index in [0.717, 1.165) is 18.2 Å². The zero-order valence-electron chi connectivity index (χ0n) is 26.4. The minimum Gasteiger partial charge on any atom is -0.467 e. The molecule has 48 heavy (non-hydrogen) atoms. The number of halogens is 5. The lowest BCUT2D eigenvalue weighted by Gasteiger charge is -2.34. The first-order valence-corrected chi connectivity index (χ1v) is 15.7. The molecule has 0 spiro atoms. The Labute approximate surface area is 275 Å². The van der Waals surface area contributed by atoms with Crippen LogP contribution in [0.25, 0.3) is 32.1 Å². The number of hydrogen-bond donors (Lipinski definition) is 1. The number of carbonyl (C=O) groups is 1. The molecule has 0 aliphatic carbocycles. The number of aryl methyl sites for hydroxylation is 2. The van der Waals surface area contributed by atoms with Gasteiger partial charge in [-0.05, 0) is 51.8 Å². The summed E-state index contributed by atoms with van der Waals surface area (Å²) in [6.07, 6.45) is -3.02. The molecule has 10 nitrogen and oxygen atoms in total. The molecular formula is C32H29F5N8O2S. The molecule has 0 bridgehead atoms. The Morgan fingerprint density at radius 1 is 1.23 bits per heavy atom. The molecule has 250 valence electrons. The van der Waals surface area contributed by atoms with Gasteiger partial charge < -0.3 is 20.3 Å². The Bertz CT molecular complexity index is 2150. The molecule has 2 aromatic carbocycles. The van der Waals surface area contributed by atoms with Crippen LogP contribution in [0.1, 0.15) is 42.9 Å². The summed E-state index contributed by atoms with van der Waals surface area (Å²) in [5, 5.41) is 9.17. The summed E-state index contributed by atoms with van der Waals surface area (Å²) in [6.45, 7) is 7.67. The highest BCUT2D eigenvalue weighted by Gasteiger charge is 2.41. The minimum absolute atomic E-state index is 0.0159. The van der Waals surface area contributed by atoms with Crippen LogP contribution in [-0.4, -0.2) is 62.7 Å². The molecule has 16 heteroatoms. The maximum atomic E-state index is 16.8. The van der Waals surface area contributed by atoms with E-state index < -0.39 is 46.5 Å². The van der Waals surface area contributed by atoms with E-state index in [4.69, 9.17) is 10.5 Å². The number of amides is 1. The van der Waals surface area contributed by atoms with Gasteiger partial charge in [-0.25, -0.2) is 18.6 Å². The molecule has 6 rings (SSSR count). The van der Waals surface area contributed by atoms with Crippen LogP contribution in [0.5, 0.6) is 6.01 Å². The third kappa shape index (κ3) is 5.13. The molecule has 4 heterocycles. The van der Waals surface area contributed by atoms with E-state index >= 15 is 4.39 Å². The number of nitrogens with two attached hydrogens (primary N) is 1. The molecule has 0 saturated carbocycles. The minimum atomic E-state index is -5.10. The van der Waals surface area contributed by atoms with E-state index in [1.165, 1.54) is 11.7 Å². The normalized spacial score (nSPS) is 16.6. The number of thiophene rings is 1. The third-order valence-corrected chi connectivity index (χ3v) is 9.79. The van der Waals surface area contributed by atoms with Crippen LogP contribution >= 0.6 is 11.3 Å². The van der Waals surface area contributed by atoms with Crippen molar-refractivity contribution >= 4 is 49.2 Å². The molecule has 1 amide bonds. The lowest BCUT2D eigenvalue weighted by atomic mass is 9.92. The monoisotopic (exact) mass is 684 g/mol. The number of nitriles is 1. The number of aromatic nitrogens is 4.